The van der Waals surface area contributed by atoms with Gasteiger partial charge in [0.15, 0.2) is 0 Å². The maximum absolute atomic E-state index is 12.5. The summed E-state index contributed by atoms with van der Waals surface area (Å²) in [6.45, 7) is 4.99. The molecule has 0 saturated carbocycles. The summed E-state index contributed by atoms with van der Waals surface area (Å²) in [5.74, 6) is -0.00990. The van der Waals surface area contributed by atoms with Crippen LogP contribution >= 0.6 is 0 Å². The minimum Gasteiger partial charge on any atom is -0.466 e. The lowest BCUT2D eigenvalue weighted by Gasteiger charge is -2.22. The van der Waals surface area contributed by atoms with Gasteiger partial charge in [-0.25, -0.2) is 0 Å². The van der Waals surface area contributed by atoms with E-state index in [1.807, 2.05) is 0 Å². The van der Waals surface area contributed by atoms with Gasteiger partial charge in [0, 0.05) is 12.8 Å². The second-order valence-corrected chi connectivity index (χ2v) is 25.6. The number of allylic oxidation sites excluding steroid dienone is 2. The van der Waals surface area contributed by atoms with Crippen molar-refractivity contribution < 1.29 is 24.5 Å². The van der Waals surface area contributed by atoms with Crippen molar-refractivity contribution in [2.45, 2.75) is 437 Å². The van der Waals surface area contributed by atoms with E-state index < -0.39 is 12.1 Å². The topological polar surface area (TPSA) is 95.9 Å². The molecule has 0 heterocycles. The van der Waals surface area contributed by atoms with Crippen LogP contribution in [-0.4, -0.2) is 47.4 Å². The van der Waals surface area contributed by atoms with Crippen molar-refractivity contribution in [3.05, 3.63) is 12.2 Å². The number of nitrogens with one attached hydrogen (secondary N) is 1. The van der Waals surface area contributed by atoms with E-state index in [1.54, 1.807) is 0 Å². The normalized spacial score (nSPS) is 12.5. The van der Waals surface area contributed by atoms with Gasteiger partial charge in [-0.15, -0.1) is 0 Å². The first-order chi connectivity index (χ1) is 39.5. The highest BCUT2D eigenvalue weighted by molar-refractivity contribution is 5.76. The van der Waals surface area contributed by atoms with E-state index in [-0.39, 0.29) is 18.5 Å². The standard InChI is InChI=1S/C74H145NO5/c1-3-5-7-9-11-13-15-17-19-34-38-42-46-50-54-58-62-66-72(77)71(70-76)75-73(78)67-63-59-55-51-47-43-39-36-32-30-28-26-24-22-21-23-25-27-29-31-33-37-41-45-49-53-57-61-65-69-80-74(79)68-64-60-56-52-48-44-40-35-20-18-16-14-12-10-8-6-4-2/h18,20,71-72,76-77H,3-17,19,21-70H2,1-2H3,(H,75,78)/b20-18-. The number of unbranched alkanes of at least 4 members (excludes halogenated alkanes) is 57. The number of esters is 1. The van der Waals surface area contributed by atoms with E-state index in [0.717, 1.165) is 44.9 Å². The number of aliphatic hydroxyl groups is 2. The summed E-state index contributed by atoms with van der Waals surface area (Å²) in [6, 6.07) is -0.538. The van der Waals surface area contributed by atoms with E-state index in [9.17, 15) is 19.8 Å². The Morgan fingerprint density at radius 1 is 0.338 bits per heavy atom. The number of rotatable bonds is 70. The van der Waals surface area contributed by atoms with Crippen LogP contribution in [0.4, 0.5) is 0 Å². The van der Waals surface area contributed by atoms with E-state index in [1.165, 1.54) is 347 Å². The Hall–Kier alpha value is -1.40. The minimum atomic E-state index is -0.661. The Kier molecular flexibility index (Phi) is 68.9. The Balaban J connectivity index is 3.32. The van der Waals surface area contributed by atoms with Gasteiger partial charge in [-0.2, -0.15) is 0 Å². The van der Waals surface area contributed by atoms with Gasteiger partial charge in [-0.05, 0) is 51.4 Å². The van der Waals surface area contributed by atoms with Gasteiger partial charge in [-0.1, -0.05) is 373 Å². The van der Waals surface area contributed by atoms with Crippen LogP contribution < -0.4 is 5.32 Å². The van der Waals surface area contributed by atoms with Crippen LogP contribution in [0.5, 0.6) is 0 Å². The molecule has 0 aliphatic carbocycles. The fourth-order valence-corrected chi connectivity index (χ4v) is 11.9. The number of ether oxygens (including phenoxy) is 1. The van der Waals surface area contributed by atoms with Gasteiger partial charge in [0.05, 0.1) is 25.4 Å². The lowest BCUT2D eigenvalue weighted by Crippen LogP contribution is -2.45. The van der Waals surface area contributed by atoms with Crippen molar-refractivity contribution in [1.29, 1.82) is 0 Å². The van der Waals surface area contributed by atoms with Crippen molar-refractivity contribution in [3.8, 4) is 0 Å². The maximum atomic E-state index is 12.5. The molecule has 0 radical (unpaired) electrons. The summed E-state index contributed by atoms with van der Waals surface area (Å²) < 4.78 is 5.51. The summed E-state index contributed by atoms with van der Waals surface area (Å²) in [7, 11) is 0. The fourth-order valence-electron chi connectivity index (χ4n) is 11.9. The highest BCUT2D eigenvalue weighted by atomic mass is 16.5. The van der Waals surface area contributed by atoms with Gasteiger partial charge >= 0.3 is 5.97 Å². The molecule has 0 aromatic carbocycles. The molecule has 0 fully saturated rings. The molecule has 0 aliphatic heterocycles. The van der Waals surface area contributed by atoms with Crippen LogP contribution in [0.1, 0.15) is 425 Å². The molecule has 1 amide bonds. The van der Waals surface area contributed by atoms with Crippen LogP contribution in [0.15, 0.2) is 12.2 Å². The molecule has 0 aliphatic rings. The molecule has 0 aromatic rings. The summed E-state index contributed by atoms with van der Waals surface area (Å²) in [4.78, 5) is 24.6. The number of aliphatic hydroxyl groups excluding tert-OH is 2. The van der Waals surface area contributed by atoms with E-state index in [2.05, 4.69) is 31.3 Å². The number of amides is 1. The second-order valence-electron chi connectivity index (χ2n) is 25.6. The van der Waals surface area contributed by atoms with Crippen LogP contribution in [0.25, 0.3) is 0 Å². The molecule has 0 spiro atoms. The molecule has 3 N–H and O–H groups in total. The molecule has 2 atom stereocenters. The first-order valence-corrected chi connectivity index (χ1v) is 36.9. The highest BCUT2D eigenvalue weighted by Crippen LogP contribution is 2.20. The summed E-state index contributed by atoms with van der Waals surface area (Å²) in [5, 5.41) is 23.4. The monoisotopic (exact) mass is 1130 g/mol. The Morgan fingerprint density at radius 2 is 0.588 bits per heavy atom. The molecular formula is C74H145NO5. The SMILES string of the molecule is CCCCCCCC/C=C\CCCCCCCCCC(=O)OCCCCCCCCCCCCCCCCCCCCCCCCCCCCCCCC(=O)NC(CO)C(O)CCCCCCCCCCCCCCCCCCC. The van der Waals surface area contributed by atoms with Gasteiger partial charge in [0.1, 0.15) is 0 Å². The Labute approximate surface area is 501 Å². The molecule has 0 rings (SSSR count). The lowest BCUT2D eigenvalue weighted by molar-refractivity contribution is -0.143. The number of hydrogen-bond donors (Lipinski definition) is 3. The average Bonchev–Trinajstić information content (AvgIpc) is 3.46. The third-order valence-corrected chi connectivity index (χ3v) is 17.6. The predicted molar refractivity (Wildman–Crippen MR) is 352 cm³/mol. The zero-order valence-corrected chi connectivity index (χ0v) is 54.6. The van der Waals surface area contributed by atoms with Crippen LogP contribution in [-0.2, 0) is 14.3 Å². The third kappa shape index (κ3) is 65.7. The van der Waals surface area contributed by atoms with Crippen molar-refractivity contribution in [1.82, 2.24) is 5.32 Å². The molecule has 0 saturated heterocycles. The average molecular weight is 1130 g/mol. The van der Waals surface area contributed by atoms with Crippen molar-refractivity contribution in [2.24, 2.45) is 0 Å². The molecule has 6 heteroatoms. The number of carbonyl (C=O) groups is 2. The number of carbonyl (C=O) groups excluding carboxylic acids is 2. The van der Waals surface area contributed by atoms with Crippen LogP contribution in [0, 0.1) is 0 Å². The number of hydrogen-bond acceptors (Lipinski definition) is 5. The fraction of sp³-hybridized carbons (Fsp3) is 0.946. The molecule has 0 bridgehead atoms. The summed E-state index contributed by atoms with van der Waals surface area (Å²) in [5.41, 5.74) is 0. The van der Waals surface area contributed by atoms with Crippen molar-refractivity contribution in [2.75, 3.05) is 13.2 Å². The molecule has 476 valence electrons. The van der Waals surface area contributed by atoms with Crippen molar-refractivity contribution >= 4 is 11.9 Å². The van der Waals surface area contributed by atoms with E-state index in [0.29, 0.717) is 25.9 Å². The zero-order chi connectivity index (χ0) is 57.8. The minimum absolute atomic E-state index is 0.0173. The van der Waals surface area contributed by atoms with Gasteiger partial charge in [-0.3, -0.25) is 9.59 Å². The highest BCUT2D eigenvalue weighted by Gasteiger charge is 2.20. The van der Waals surface area contributed by atoms with Crippen LogP contribution in [0.3, 0.4) is 0 Å². The third-order valence-electron chi connectivity index (χ3n) is 17.6. The molecule has 2 unspecified atom stereocenters. The zero-order valence-electron chi connectivity index (χ0n) is 54.6. The first-order valence-electron chi connectivity index (χ1n) is 36.9. The predicted octanol–water partition coefficient (Wildman–Crippen LogP) is 23.9. The molecule has 80 heavy (non-hydrogen) atoms. The second kappa shape index (κ2) is 70.1. The molecular weight excluding hydrogens is 983 g/mol. The summed E-state index contributed by atoms with van der Waals surface area (Å²) in [6.07, 6.45) is 87.0. The largest absolute Gasteiger partial charge is 0.466 e. The van der Waals surface area contributed by atoms with Gasteiger partial charge in [0.25, 0.3) is 0 Å². The Morgan fingerprint density at radius 3 is 0.887 bits per heavy atom. The van der Waals surface area contributed by atoms with Gasteiger partial charge < -0.3 is 20.3 Å². The molecule has 0 aromatic heterocycles. The quantitative estimate of drug-likeness (QED) is 0.0320. The first kappa shape index (κ1) is 78.6. The van der Waals surface area contributed by atoms with Crippen molar-refractivity contribution in [3.63, 3.8) is 0 Å². The lowest BCUT2D eigenvalue weighted by atomic mass is 10.0. The Bertz CT molecular complexity index is 1210. The van der Waals surface area contributed by atoms with E-state index in [4.69, 9.17) is 4.74 Å². The molecule has 6 nitrogen and oxygen atoms in total. The van der Waals surface area contributed by atoms with E-state index >= 15 is 0 Å². The van der Waals surface area contributed by atoms with Crippen LogP contribution in [0.2, 0.25) is 0 Å². The maximum Gasteiger partial charge on any atom is 0.305 e. The summed E-state index contributed by atoms with van der Waals surface area (Å²) >= 11 is 0. The van der Waals surface area contributed by atoms with Gasteiger partial charge in [0.2, 0.25) is 5.91 Å². The smallest absolute Gasteiger partial charge is 0.305 e.